The van der Waals surface area contributed by atoms with E-state index in [0.29, 0.717) is 18.0 Å². The lowest BCUT2D eigenvalue weighted by Gasteiger charge is -2.02. The maximum Gasteiger partial charge on any atom is 0.200 e. The third-order valence-corrected chi connectivity index (χ3v) is 2.31. The summed E-state index contributed by atoms with van der Waals surface area (Å²) in [5.41, 5.74) is 0.615. The zero-order valence-corrected chi connectivity index (χ0v) is 9.16. The van der Waals surface area contributed by atoms with E-state index in [1.54, 1.807) is 6.07 Å². The number of aromatic nitrogens is 5. The van der Waals surface area contributed by atoms with E-state index >= 15 is 0 Å². The van der Waals surface area contributed by atoms with Gasteiger partial charge in [-0.25, -0.2) is 0 Å². The normalized spacial score (nSPS) is 10.9. The van der Waals surface area contributed by atoms with Crippen LogP contribution in [-0.2, 0) is 6.54 Å². The molecule has 0 amide bonds. The predicted octanol–water partition coefficient (Wildman–Crippen LogP) is 1.03. The van der Waals surface area contributed by atoms with E-state index in [9.17, 15) is 0 Å². The Kier molecular flexibility index (Phi) is 2.21. The van der Waals surface area contributed by atoms with Crippen LogP contribution in [0.4, 0.5) is 5.82 Å². The number of hydrogen-bond acceptors (Lipinski definition) is 6. The number of aryl methyl sites for hydroxylation is 1. The molecule has 0 atom stereocenters. The summed E-state index contributed by atoms with van der Waals surface area (Å²) in [7, 11) is 0. The highest BCUT2D eigenvalue weighted by Crippen LogP contribution is 2.09. The average Bonchev–Trinajstić information content (AvgIpc) is 2.94. The number of hydrogen-bond donors (Lipinski definition) is 1. The molecule has 0 saturated heterocycles. The molecule has 86 valence electrons. The highest BCUT2D eigenvalue weighted by Gasteiger charge is 2.02. The Morgan fingerprint density at radius 3 is 3.06 bits per heavy atom. The number of fused-ring (bicyclic) bond motifs is 1. The fourth-order valence-corrected chi connectivity index (χ4v) is 1.50. The first kappa shape index (κ1) is 9.76. The molecule has 17 heavy (non-hydrogen) atoms. The second-order valence-electron chi connectivity index (χ2n) is 3.61. The Balaban J connectivity index is 1.76. The molecule has 0 aliphatic heterocycles. The van der Waals surface area contributed by atoms with Crippen LogP contribution in [0, 0.1) is 6.92 Å². The Hall–Kier alpha value is -2.44. The van der Waals surface area contributed by atoms with Crippen LogP contribution in [-0.4, -0.2) is 25.3 Å². The Morgan fingerprint density at radius 1 is 1.29 bits per heavy atom. The van der Waals surface area contributed by atoms with Gasteiger partial charge in [-0.3, -0.25) is 0 Å². The second kappa shape index (κ2) is 3.85. The maximum absolute atomic E-state index is 5.44. The molecular weight excluding hydrogens is 220 g/mol. The van der Waals surface area contributed by atoms with Crippen molar-refractivity contribution in [2.75, 3.05) is 5.32 Å². The van der Waals surface area contributed by atoms with Gasteiger partial charge < -0.3 is 9.73 Å². The van der Waals surface area contributed by atoms with E-state index in [-0.39, 0.29) is 0 Å². The molecule has 7 nitrogen and oxygen atoms in total. The minimum absolute atomic E-state index is 0.578. The average molecular weight is 230 g/mol. The number of anilines is 1. The van der Waals surface area contributed by atoms with E-state index in [4.69, 9.17) is 4.42 Å². The topological polar surface area (TPSA) is 81.1 Å². The minimum atomic E-state index is 0.578. The van der Waals surface area contributed by atoms with Crippen molar-refractivity contribution in [3.8, 4) is 0 Å². The van der Waals surface area contributed by atoms with E-state index in [1.165, 1.54) is 4.63 Å². The Bertz CT molecular complexity index is 643. The predicted molar refractivity (Wildman–Crippen MR) is 59.3 cm³/mol. The van der Waals surface area contributed by atoms with Crippen LogP contribution in [0.15, 0.2) is 28.7 Å². The summed E-state index contributed by atoms with van der Waals surface area (Å²) in [5, 5.41) is 18.3. The van der Waals surface area contributed by atoms with Crippen LogP contribution in [0.25, 0.3) is 5.65 Å². The van der Waals surface area contributed by atoms with Gasteiger partial charge in [0.15, 0.2) is 5.65 Å². The van der Waals surface area contributed by atoms with Crippen LogP contribution in [0.3, 0.4) is 0 Å². The van der Waals surface area contributed by atoms with Crippen molar-refractivity contribution in [1.29, 1.82) is 0 Å². The van der Waals surface area contributed by atoms with Gasteiger partial charge in [0, 0.05) is 0 Å². The maximum atomic E-state index is 5.44. The summed E-state index contributed by atoms with van der Waals surface area (Å²) < 4.78 is 6.81. The molecule has 1 N–H and O–H groups in total. The largest absolute Gasteiger partial charge is 0.465 e. The molecule has 3 aromatic rings. The zero-order chi connectivity index (χ0) is 11.7. The quantitative estimate of drug-likeness (QED) is 0.723. The summed E-state index contributed by atoms with van der Waals surface area (Å²) in [4.78, 5) is 0. The molecule has 0 fully saturated rings. The summed E-state index contributed by atoms with van der Waals surface area (Å²) in [6, 6.07) is 7.47. The molecule has 0 spiro atoms. The first-order valence-electron chi connectivity index (χ1n) is 5.16. The first-order chi connectivity index (χ1) is 8.31. The van der Waals surface area contributed by atoms with Crippen molar-refractivity contribution >= 4 is 11.5 Å². The van der Waals surface area contributed by atoms with Crippen LogP contribution < -0.4 is 5.32 Å². The molecule has 7 heteroatoms. The van der Waals surface area contributed by atoms with Crippen molar-refractivity contribution in [3.63, 3.8) is 0 Å². The molecule has 3 rings (SSSR count). The van der Waals surface area contributed by atoms with Crippen LogP contribution in [0.2, 0.25) is 0 Å². The van der Waals surface area contributed by atoms with Crippen LogP contribution in [0.1, 0.15) is 11.5 Å². The lowest BCUT2D eigenvalue weighted by atomic mass is 10.4. The molecule has 0 unspecified atom stereocenters. The lowest BCUT2D eigenvalue weighted by molar-refractivity contribution is 0.490. The van der Waals surface area contributed by atoms with E-state index < -0.39 is 0 Å². The van der Waals surface area contributed by atoms with Gasteiger partial charge in [0.1, 0.15) is 17.3 Å². The van der Waals surface area contributed by atoms with Gasteiger partial charge in [-0.1, -0.05) is 0 Å². The molecule has 3 aromatic heterocycles. The number of furan rings is 1. The third kappa shape index (κ3) is 1.94. The molecule has 0 aliphatic rings. The molecule has 0 radical (unpaired) electrons. The summed E-state index contributed by atoms with van der Waals surface area (Å²) in [6.45, 7) is 2.49. The highest BCUT2D eigenvalue weighted by molar-refractivity contribution is 5.42. The van der Waals surface area contributed by atoms with Gasteiger partial charge in [0.05, 0.1) is 6.54 Å². The summed E-state index contributed by atoms with van der Waals surface area (Å²) in [5.74, 6) is 2.45. The van der Waals surface area contributed by atoms with Crippen molar-refractivity contribution in [2.24, 2.45) is 0 Å². The number of tetrazole rings is 1. The highest BCUT2D eigenvalue weighted by atomic mass is 16.3. The Morgan fingerprint density at radius 2 is 2.24 bits per heavy atom. The fraction of sp³-hybridized carbons (Fsp3) is 0.200. The smallest absolute Gasteiger partial charge is 0.200 e. The van der Waals surface area contributed by atoms with E-state index in [0.717, 1.165) is 11.5 Å². The lowest BCUT2D eigenvalue weighted by Crippen LogP contribution is -2.04. The van der Waals surface area contributed by atoms with Crippen LogP contribution in [0.5, 0.6) is 0 Å². The third-order valence-electron chi connectivity index (χ3n) is 2.31. The number of rotatable bonds is 3. The minimum Gasteiger partial charge on any atom is -0.465 e. The molecule has 0 saturated carbocycles. The van der Waals surface area contributed by atoms with Crippen molar-refractivity contribution < 1.29 is 4.42 Å². The second-order valence-corrected chi connectivity index (χ2v) is 3.61. The summed E-state index contributed by atoms with van der Waals surface area (Å²) in [6.07, 6.45) is 0. The number of nitrogens with zero attached hydrogens (tertiary/aromatic N) is 5. The van der Waals surface area contributed by atoms with Gasteiger partial charge in [-0.2, -0.15) is 0 Å². The zero-order valence-electron chi connectivity index (χ0n) is 9.16. The van der Waals surface area contributed by atoms with Gasteiger partial charge in [0.2, 0.25) is 0 Å². The van der Waals surface area contributed by atoms with Crippen molar-refractivity contribution in [2.45, 2.75) is 13.5 Å². The standard InChI is InChI=1S/C10H10N6O/c1-7-2-3-8(17-7)6-11-9-4-5-10-12-14-15-16(10)13-9/h2-5H,6H2,1H3,(H,11,13). The van der Waals surface area contributed by atoms with Gasteiger partial charge in [0.25, 0.3) is 0 Å². The molecule has 0 bridgehead atoms. The van der Waals surface area contributed by atoms with Crippen LogP contribution >= 0.6 is 0 Å². The van der Waals surface area contributed by atoms with Crippen molar-refractivity contribution in [1.82, 2.24) is 25.3 Å². The monoisotopic (exact) mass is 230 g/mol. The molecular formula is C10H10N6O. The fourth-order valence-electron chi connectivity index (χ4n) is 1.50. The Labute approximate surface area is 96.4 Å². The van der Waals surface area contributed by atoms with Gasteiger partial charge in [-0.15, -0.1) is 14.8 Å². The molecule has 0 aliphatic carbocycles. The van der Waals surface area contributed by atoms with Gasteiger partial charge >= 0.3 is 0 Å². The first-order valence-corrected chi connectivity index (χ1v) is 5.16. The molecule has 3 heterocycles. The van der Waals surface area contributed by atoms with E-state index in [2.05, 4.69) is 25.9 Å². The van der Waals surface area contributed by atoms with E-state index in [1.807, 2.05) is 25.1 Å². The van der Waals surface area contributed by atoms with Crippen molar-refractivity contribution in [3.05, 3.63) is 35.8 Å². The number of nitrogens with one attached hydrogen (secondary N) is 1. The van der Waals surface area contributed by atoms with Gasteiger partial charge in [-0.05, 0) is 41.6 Å². The summed E-state index contributed by atoms with van der Waals surface area (Å²) >= 11 is 0. The molecule has 0 aromatic carbocycles. The SMILES string of the molecule is Cc1ccc(CNc2ccc3nnnn3n2)o1.